The molecule has 0 saturated carbocycles. The molecule has 3 rings (SSSR count). The molecule has 1 fully saturated rings. The van der Waals surface area contributed by atoms with Gasteiger partial charge in [0, 0.05) is 63.3 Å². The molecule has 1 unspecified atom stereocenters. The number of nitrogens with one attached hydrogen (secondary N) is 1. The maximum atomic E-state index is 12.4. The number of carbonyl (C=O) groups is 1. The third-order valence-corrected chi connectivity index (χ3v) is 5.71. The van der Waals surface area contributed by atoms with Crippen molar-refractivity contribution in [2.24, 2.45) is 0 Å². The summed E-state index contributed by atoms with van der Waals surface area (Å²) < 4.78 is 2.16. The van der Waals surface area contributed by atoms with Crippen LogP contribution in [0.2, 0.25) is 0 Å². The standard InChI is InChI=1S/C22H34N6O/c1-5-19-16-28(14-13-26(19)4)20-8-7-18(15-25-20)22(29)24-9-6-11-27-12-10-23-21(27)17(2)3/h7-8,10,12,15,17,19H,5-6,9,11,13-14,16H2,1-4H3,(H,24,29). The third-order valence-electron chi connectivity index (χ3n) is 5.71. The maximum absolute atomic E-state index is 12.4. The van der Waals surface area contributed by atoms with E-state index >= 15 is 0 Å². The van der Waals surface area contributed by atoms with E-state index in [0.29, 0.717) is 24.1 Å². The quantitative estimate of drug-likeness (QED) is 0.693. The highest BCUT2D eigenvalue weighted by atomic mass is 16.1. The molecule has 7 heteroatoms. The topological polar surface area (TPSA) is 66.3 Å². The Bertz CT molecular complexity index is 785. The molecule has 0 bridgehead atoms. The lowest BCUT2D eigenvalue weighted by molar-refractivity contribution is 0.0952. The largest absolute Gasteiger partial charge is 0.354 e. The number of likely N-dealkylation sites (N-methyl/N-ethyl adjacent to an activating group) is 1. The second kappa shape index (κ2) is 9.87. The molecule has 0 radical (unpaired) electrons. The normalized spacial score (nSPS) is 17.7. The zero-order valence-electron chi connectivity index (χ0n) is 18.1. The molecule has 158 valence electrons. The molecule has 7 nitrogen and oxygen atoms in total. The molecule has 1 N–H and O–H groups in total. The molecule has 1 aliphatic heterocycles. The van der Waals surface area contributed by atoms with Gasteiger partial charge in [0.2, 0.25) is 0 Å². The van der Waals surface area contributed by atoms with E-state index in [1.54, 1.807) is 6.20 Å². The van der Waals surface area contributed by atoms with Crippen molar-refractivity contribution in [3.05, 3.63) is 42.1 Å². The van der Waals surface area contributed by atoms with Crippen molar-refractivity contribution in [1.82, 2.24) is 24.8 Å². The first-order valence-electron chi connectivity index (χ1n) is 10.7. The first kappa shape index (κ1) is 21.3. The second-order valence-corrected chi connectivity index (χ2v) is 8.14. The van der Waals surface area contributed by atoms with Crippen LogP contribution in [0.4, 0.5) is 5.82 Å². The minimum absolute atomic E-state index is 0.0661. The van der Waals surface area contributed by atoms with E-state index < -0.39 is 0 Å². The van der Waals surface area contributed by atoms with Crippen molar-refractivity contribution in [1.29, 1.82) is 0 Å². The van der Waals surface area contributed by atoms with Crippen LogP contribution in [0.3, 0.4) is 0 Å². The van der Waals surface area contributed by atoms with E-state index in [2.05, 4.69) is 57.5 Å². The Balaban J connectivity index is 1.47. The van der Waals surface area contributed by atoms with Gasteiger partial charge in [0.05, 0.1) is 5.56 Å². The lowest BCUT2D eigenvalue weighted by Gasteiger charge is -2.39. The number of hydrogen-bond donors (Lipinski definition) is 1. The summed E-state index contributed by atoms with van der Waals surface area (Å²) in [5.74, 6) is 2.38. The van der Waals surface area contributed by atoms with Gasteiger partial charge in [-0.2, -0.15) is 0 Å². The van der Waals surface area contributed by atoms with Gasteiger partial charge in [-0.15, -0.1) is 0 Å². The summed E-state index contributed by atoms with van der Waals surface area (Å²) in [6, 6.07) is 4.40. The minimum atomic E-state index is -0.0661. The average molecular weight is 399 g/mol. The highest BCUT2D eigenvalue weighted by Gasteiger charge is 2.23. The predicted molar refractivity (Wildman–Crippen MR) is 116 cm³/mol. The molecule has 29 heavy (non-hydrogen) atoms. The summed E-state index contributed by atoms with van der Waals surface area (Å²) in [6.45, 7) is 11.0. The predicted octanol–water partition coefficient (Wildman–Crippen LogP) is 2.75. The number of aromatic nitrogens is 3. The Kier molecular flexibility index (Phi) is 7.25. The summed E-state index contributed by atoms with van der Waals surface area (Å²) in [4.78, 5) is 26.1. The van der Waals surface area contributed by atoms with Gasteiger partial charge in [-0.05, 0) is 32.0 Å². The molecule has 0 spiro atoms. The van der Waals surface area contributed by atoms with E-state index in [9.17, 15) is 4.79 Å². The van der Waals surface area contributed by atoms with Crippen LogP contribution in [0.1, 0.15) is 55.7 Å². The van der Waals surface area contributed by atoms with Crippen molar-refractivity contribution >= 4 is 11.7 Å². The zero-order valence-corrected chi connectivity index (χ0v) is 18.1. The van der Waals surface area contributed by atoms with Crippen LogP contribution in [0.5, 0.6) is 0 Å². The monoisotopic (exact) mass is 398 g/mol. The van der Waals surface area contributed by atoms with Crippen molar-refractivity contribution < 1.29 is 4.79 Å². The van der Waals surface area contributed by atoms with Crippen LogP contribution in [-0.4, -0.2) is 64.6 Å². The van der Waals surface area contributed by atoms with Gasteiger partial charge in [-0.1, -0.05) is 20.8 Å². The van der Waals surface area contributed by atoms with Crippen molar-refractivity contribution in [2.75, 3.05) is 38.1 Å². The number of carbonyl (C=O) groups excluding carboxylic acids is 1. The van der Waals surface area contributed by atoms with Crippen molar-refractivity contribution in [3.8, 4) is 0 Å². The Morgan fingerprint density at radius 1 is 1.28 bits per heavy atom. The van der Waals surface area contributed by atoms with Crippen molar-refractivity contribution in [2.45, 2.75) is 52.1 Å². The molecular formula is C22H34N6O. The van der Waals surface area contributed by atoms with Gasteiger partial charge in [0.1, 0.15) is 11.6 Å². The van der Waals surface area contributed by atoms with E-state index in [4.69, 9.17) is 0 Å². The number of rotatable bonds is 8. The van der Waals surface area contributed by atoms with Crippen LogP contribution < -0.4 is 10.2 Å². The lowest BCUT2D eigenvalue weighted by atomic mass is 10.1. The number of piperazine rings is 1. The van der Waals surface area contributed by atoms with Gasteiger partial charge in [0.25, 0.3) is 5.91 Å². The average Bonchev–Trinajstić information content (AvgIpc) is 3.20. The van der Waals surface area contributed by atoms with Gasteiger partial charge in [-0.25, -0.2) is 9.97 Å². The third kappa shape index (κ3) is 5.35. The summed E-state index contributed by atoms with van der Waals surface area (Å²) in [5.41, 5.74) is 0.611. The Hall–Kier alpha value is -2.41. The molecule has 2 aromatic heterocycles. The number of nitrogens with zero attached hydrogens (tertiary/aromatic N) is 5. The molecule has 3 heterocycles. The van der Waals surface area contributed by atoms with Crippen LogP contribution >= 0.6 is 0 Å². The van der Waals surface area contributed by atoms with Crippen LogP contribution in [-0.2, 0) is 6.54 Å². The fourth-order valence-electron chi connectivity index (χ4n) is 3.87. The maximum Gasteiger partial charge on any atom is 0.252 e. The lowest BCUT2D eigenvalue weighted by Crippen LogP contribution is -2.51. The first-order valence-corrected chi connectivity index (χ1v) is 10.7. The first-order chi connectivity index (χ1) is 14.0. The molecule has 0 aromatic carbocycles. The molecule has 1 amide bonds. The Morgan fingerprint density at radius 2 is 2.10 bits per heavy atom. The highest BCUT2D eigenvalue weighted by Crippen LogP contribution is 2.18. The molecule has 0 aliphatic carbocycles. The zero-order chi connectivity index (χ0) is 20.8. The van der Waals surface area contributed by atoms with E-state index in [-0.39, 0.29) is 5.91 Å². The Labute approximate surface area is 174 Å². The van der Waals surface area contributed by atoms with Crippen LogP contribution in [0.25, 0.3) is 0 Å². The highest BCUT2D eigenvalue weighted by molar-refractivity contribution is 5.94. The molecule has 1 saturated heterocycles. The molecule has 1 atom stereocenters. The Morgan fingerprint density at radius 3 is 2.79 bits per heavy atom. The summed E-state index contributed by atoms with van der Waals surface area (Å²) >= 11 is 0. The van der Waals surface area contributed by atoms with Gasteiger partial charge < -0.3 is 14.8 Å². The number of hydrogen-bond acceptors (Lipinski definition) is 5. The van der Waals surface area contributed by atoms with Crippen molar-refractivity contribution in [3.63, 3.8) is 0 Å². The second-order valence-electron chi connectivity index (χ2n) is 8.14. The SMILES string of the molecule is CCC1CN(c2ccc(C(=O)NCCCn3ccnc3C(C)C)cn2)CCN1C. The molecule has 2 aromatic rings. The van der Waals surface area contributed by atoms with Gasteiger partial charge >= 0.3 is 0 Å². The van der Waals surface area contributed by atoms with Crippen LogP contribution in [0, 0.1) is 0 Å². The number of imidazole rings is 1. The van der Waals surface area contributed by atoms with Gasteiger partial charge in [-0.3, -0.25) is 9.69 Å². The molecule has 1 aliphatic rings. The number of anilines is 1. The fourth-order valence-corrected chi connectivity index (χ4v) is 3.87. The van der Waals surface area contributed by atoms with E-state index in [0.717, 1.165) is 50.7 Å². The van der Waals surface area contributed by atoms with Crippen LogP contribution in [0.15, 0.2) is 30.7 Å². The summed E-state index contributed by atoms with van der Waals surface area (Å²) in [7, 11) is 2.18. The number of pyridine rings is 1. The number of aryl methyl sites for hydroxylation is 1. The fraction of sp³-hybridized carbons (Fsp3) is 0.591. The van der Waals surface area contributed by atoms with E-state index in [1.807, 2.05) is 24.5 Å². The summed E-state index contributed by atoms with van der Waals surface area (Å²) in [6.07, 6.45) is 7.53. The minimum Gasteiger partial charge on any atom is -0.354 e. The smallest absolute Gasteiger partial charge is 0.252 e. The molecular weight excluding hydrogens is 364 g/mol. The number of amides is 1. The summed E-state index contributed by atoms with van der Waals surface area (Å²) in [5, 5.41) is 3.00. The van der Waals surface area contributed by atoms with Gasteiger partial charge in [0.15, 0.2) is 0 Å². The van der Waals surface area contributed by atoms with E-state index in [1.165, 1.54) is 0 Å².